The van der Waals surface area contributed by atoms with Gasteiger partial charge in [-0.15, -0.1) is 0 Å². The fraction of sp³-hybridized carbons (Fsp3) is 0.364. The fourth-order valence-electron chi connectivity index (χ4n) is 3.23. The van der Waals surface area contributed by atoms with Crippen molar-refractivity contribution in [2.75, 3.05) is 24.3 Å². The number of amides is 1. The summed E-state index contributed by atoms with van der Waals surface area (Å²) in [5.41, 5.74) is 3.76. The van der Waals surface area contributed by atoms with Gasteiger partial charge in [0.25, 0.3) is 5.91 Å². The maximum atomic E-state index is 12.5. The number of carbonyl (C=O) groups is 1. The van der Waals surface area contributed by atoms with Gasteiger partial charge in [0.05, 0.1) is 18.4 Å². The molecule has 1 aromatic heterocycles. The maximum Gasteiger partial charge on any atom is 0.257 e. The highest BCUT2D eigenvalue weighted by Gasteiger charge is 2.11. The second-order valence-corrected chi connectivity index (χ2v) is 6.87. The van der Waals surface area contributed by atoms with Crippen molar-refractivity contribution in [1.82, 2.24) is 4.98 Å². The number of anilines is 2. The molecule has 0 saturated carbocycles. The number of ether oxygens (including phenoxy) is 1. The van der Waals surface area contributed by atoms with Crippen LogP contribution in [0.1, 0.15) is 48.0 Å². The SMILES string of the molecule is COc1ccc(C)cc1NC(=O)c1ccc(NCCC2=CCCCC2)nc1. The van der Waals surface area contributed by atoms with Gasteiger partial charge in [-0.1, -0.05) is 17.7 Å². The molecule has 5 nitrogen and oxygen atoms in total. The van der Waals surface area contributed by atoms with Gasteiger partial charge in [-0.3, -0.25) is 4.79 Å². The van der Waals surface area contributed by atoms with Crippen molar-refractivity contribution in [3.05, 3.63) is 59.3 Å². The number of carbonyl (C=O) groups excluding carboxylic acids is 1. The first kappa shape index (κ1) is 19.0. The summed E-state index contributed by atoms with van der Waals surface area (Å²) >= 11 is 0. The number of aryl methyl sites for hydroxylation is 1. The lowest BCUT2D eigenvalue weighted by atomic mass is 9.97. The van der Waals surface area contributed by atoms with E-state index in [0.717, 1.165) is 24.3 Å². The number of rotatable bonds is 7. The number of hydrogen-bond donors (Lipinski definition) is 2. The van der Waals surface area contributed by atoms with Gasteiger partial charge in [-0.05, 0) is 68.9 Å². The summed E-state index contributed by atoms with van der Waals surface area (Å²) in [6.45, 7) is 2.84. The Bertz CT molecular complexity index is 813. The van der Waals surface area contributed by atoms with Gasteiger partial charge >= 0.3 is 0 Å². The summed E-state index contributed by atoms with van der Waals surface area (Å²) in [4.78, 5) is 16.9. The van der Waals surface area contributed by atoms with Crippen LogP contribution >= 0.6 is 0 Å². The van der Waals surface area contributed by atoms with Crippen LogP contribution in [-0.4, -0.2) is 24.5 Å². The first-order chi connectivity index (χ1) is 13.2. The predicted molar refractivity (Wildman–Crippen MR) is 110 cm³/mol. The molecule has 3 rings (SSSR count). The zero-order valence-corrected chi connectivity index (χ0v) is 16.0. The molecular weight excluding hydrogens is 338 g/mol. The third-order valence-corrected chi connectivity index (χ3v) is 4.77. The van der Waals surface area contributed by atoms with Crippen molar-refractivity contribution >= 4 is 17.4 Å². The Balaban J connectivity index is 1.55. The maximum absolute atomic E-state index is 12.5. The van der Waals surface area contributed by atoms with Gasteiger partial charge in [-0.25, -0.2) is 4.98 Å². The summed E-state index contributed by atoms with van der Waals surface area (Å²) in [6, 6.07) is 9.31. The van der Waals surface area contributed by atoms with Crippen LogP contribution < -0.4 is 15.4 Å². The van der Waals surface area contributed by atoms with Crippen LogP contribution in [0.2, 0.25) is 0 Å². The molecule has 0 atom stereocenters. The van der Waals surface area contributed by atoms with Gasteiger partial charge in [0.2, 0.25) is 0 Å². The molecule has 1 heterocycles. The average molecular weight is 365 g/mol. The molecule has 1 aromatic carbocycles. The molecule has 142 valence electrons. The Kier molecular flexibility index (Phi) is 6.47. The second-order valence-electron chi connectivity index (χ2n) is 6.87. The monoisotopic (exact) mass is 365 g/mol. The minimum absolute atomic E-state index is 0.203. The van der Waals surface area contributed by atoms with Crippen molar-refractivity contribution in [2.45, 2.75) is 39.0 Å². The van der Waals surface area contributed by atoms with E-state index >= 15 is 0 Å². The summed E-state index contributed by atoms with van der Waals surface area (Å²) in [5, 5.41) is 6.22. The lowest BCUT2D eigenvalue weighted by Gasteiger charge is -2.13. The van der Waals surface area contributed by atoms with E-state index in [1.807, 2.05) is 31.2 Å². The molecule has 1 aliphatic rings. The Morgan fingerprint density at radius 1 is 1.22 bits per heavy atom. The van der Waals surface area contributed by atoms with Crippen molar-refractivity contribution in [3.8, 4) is 5.75 Å². The molecule has 0 fully saturated rings. The third-order valence-electron chi connectivity index (χ3n) is 4.77. The zero-order valence-electron chi connectivity index (χ0n) is 16.0. The summed E-state index contributed by atoms with van der Waals surface area (Å²) < 4.78 is 5.31. The van der Waals surface area contributed by atoms with E-state index in [4.69, 9.17) is 4.74 Å². The van der Waals surface area contributed by atoms with E-state index < -0.39 is 0 Å². The highest BCUT2D eigenvalue weighted by Crippen LogP contribution is 2.26. The Morgan fingerprint density at radius 2 is 2.11 bits per heavy atom. The molecule has 0 radical (unpaired) electrons. The molecule has 5 heteroatoms. The molecule has 2 N–H and O–H groups in total. The van der Waals surface area contributed by atoms with Crippen LogP contribution in [0.5, 0.6) is 5.75 Å². The minimum atomic E-state index is -0.203. The number of allylic oxidation sites excluding steroid dienone is 1. The van der Waals surface area contributed by atoms with Gasteiger partial charge in [0.1, 0.15) is 11.6 Å². The molecule has 0 saturated heterocycles. The number of benzene rings is 1. The van der Waals surface area contributed by atoms with E-state index in [9.17, 15) is 4.79 Å². The minimum Gasteiger partial charge on any atom is -0.495 e. The van der Waals surface area contributed by atoms with Crippen LogP contribution in [0.15, 0.2) is 48.2 Å². The second kappa shape index (κ2) is 9.21. The standard InChI is InChI=1S/C22H27N3O2/c1-16-8-10-20(27-2)19(14-16)25-22(26)18-9-11-21(24-15-18)23-13-12-17-6-4-3-5-7-17/h6,8-11,14-15H,3-5,7,12-13H2,1-2H3,(H,23,24)(H,25,26). The normalized spacial score (nSPS) is 13.6. The lowest BCUT2D eigenvalue weighted by molar-refractivity contribution is 0.102. The number of pyridine rings is 1. The van der Waals surface area contributed by atoms with Gasteiger partial charge in [0, 0.05) is 12.7 Å². The molecule has 1 aliphatic carbocycles. The summed E-state index contributed by atoms with van der Waals surface area (Å²) in [7, 11) is 1.59. The third kappa shape index (κ3) is 5.33. The van der Waals surface area contributed by atoms with Crippen molar-refractivity contribution in [3.63, 3.8) is 0 Å². The number of methoxy groups -OCH3 is 1. The van der Waals surface area contributed by atoms with Crippen molar-refractivity contribution in [1.29, 1.82) is 0 Å². The molecule has 0 bridgehead atoms. The van der Waals surface area contributed by atoms with Crippen LogP contribution in [0, 0.1) is 6.92 Å². The summed E-state index contributed by atoms with van der Waals surface area (Å²) in [6.07, 6.45) is 10.1. The van der Waals surface area contributed by atoms with Gasteiger partial charge < -0.3 is 15.4 Å². The molecule has 2 aromatic rings. The number of hydrogen-bond acceptors (Lipinski definition) is 4. The predicted octanol–water partition coefficient (Wildman–Crippen LogP) is 4.95. The van der Waals surface area contributed by atoms with Crippen LogP contribution in [0.4, 0.5) is 11.5 Å². The smallest absolute Gasteiger partial charge is 0.257 e. The summed E-state index contributed by atoms with van der Waals surface area (Å²) in [5.74, 6) is 1.22. The zero-order chi connectivity index (χ0) is 19.1. The quantitative estimate of drug-likeness (QED) is 0.681. The number of aromatic nitrogens is 1. The largest absolute Gasteiger partial charge is 0.495 e. The molecule has 27 heavy (non-hydrogen) atoms. The first-order valence-electron chi connectivity index (χ1n) is 9.49. The van der Waals surface area contributed by atoms with Crippen molar-refractivity contribution in [2.24, 2.45) is 0 Å². The van der Waals surface area contributed by atoms with Crippen molar-refractivity contribution < 1.29 is 9.53 Å². The Labute approximate surface area is 160 Å². The number of nitrogens with zero attached hydrogens (tertiary/aromatic N) is 1. The first-order valence-corrected chi connectivity index (χ1v) is 9.49. The fourth-order valence-corrected chi connectivity index (χ4v) is 3.23. The van der Waals surface area contributed by atoms with E-state index in [1.165, 1.54) is 31.3 Å². The average Bonchev–Trinajstić information content (AvgIpc) is 2.69. The molecular formula is C22H27N3O2. The Hall–Kier alpha value is -2.82. The van der Waals surface area contributed by atoms with E-state index in [0.29, 0.717) is 17.0 Å². The molecule has 0 unspecified atom stereocenters. The van der Waals surface area contributed by atoms with E-state index in [2.05, 4.69) is 21.7 Å². The highest BCUT2D eigenvalue weighted by atomic mass is 16.5. The highest BCUT2D eigenvalue weighted by molar-refractivity contribution is 6.05. The van der Waals surface area contributed by atoms with Gasteiger partial charge in [-0.2, -0.15) is 0 Å². The molecule has 0 spiro atoms. The topological polar surface area (TPSA) is 63.2 Å². The molecule has 0 aliphatic heterocycles. The van der Waals surface area contributed by atoms with Crippen LogP contribution in [0.25, 0.3) is 0 Å². The van der Waals surface area contributed by atoms with E-state index in [-0.39, 0.29) is 5.91 Å². The lowest BCUT2D eigenvalue weighted by Crippen LogP contribution is -2.13. The van der Waals surface area contributed by atoms with Gasteiger partial charge in [0.15, 0.2) is 0 Å². The van der Waals surface area contributed by atoms with E-state index in [1.54, 1.807) is 19.4 Å². The van der Waals surface area contributed by atoms with Crippen LogP contribution in [0.3, 0.4) is 0 Å². The molecule has 1 amide bonds. The Morgan fingerprint density at radius 3 is 2.81 bits per heavy atom. The van der Waals surface area contributed by atoms with Crippen LogP contribution in [-0.2, 0) is 0 Å². The number of nitrogens with one attached hydrogen (secondary N) is 2.